The molecule has 0 unspecified atom stereocenters. The zero-order valence-electron chi connectivity index (χ0n) is 16.8. The molecule has 0 amide bonds. The van der Waals surface area contributed by atoms with Crippen molar-refractivity contribution in [2.24, 2.45) is 0 Å². The first-order chi connectivity index (χ1) is 14.6. The first kappa shape index (κ1) is 19.5. The van der Waals surface area contributed by atoms with Crippen molar-refractivity contribution in [3.63, 3.8) is 0 Å². The number of benzene rings is 3. The summed E-state index contributed by atoms with van der Waals surface area (Å²) >= 11 is 0. The molecule has 0 atom stereocenters. The Morgan fingerprint density at radius 3 is 2.47 bits per heavy atom. The Bertz CT molecular complexity index is 1190. The topological polar surface area (TPSA) is 51.5 Å². The van der Waals surface area contributed by atoms with Crippen molar-refractivity contribution in [1.29, 1.82) is 0 Å². The Morgan fingerprint density at radius 2 is 1.77 bits per heavy atom. The van der Waals surface area contributed by atoms with Gasteiger partial charge in [-0.3, -0.25) is 0 Å². The van der Waals surface area contributed by atoms with Crippen LogP contribution in [0.3, 0.4) is 0 Å². The maximum absolute atomic E-state index is 10.9. The van der Waals surface area contributed by atoms with Crippen LogP contribution >= 0.6 is 0 Å². The van der Waals surface area contributed by atoms with Crippen LogP contribution in [0.1, 0.15) is 16.7 Å². The minimum Gasteiger partial charge on any atom is -0.497 e. The van der Waals surface area contributed by atoms with E-state index >= 15 is 0 Å². The number of carboxylic acids is 1. The third-order valence-corrected chi connectivity index (χ3v) is 5.21. The fraction of sp³-hybridized carbons (Fsp3) is 0.115. The molecule has 0 radical (unpaired) electrons. The molecule has 0 fully saturated rings. The van der Waals surface area contributed by atoms with Crippen molar-refractivity contribution >= 4 is 22.9 Å². The average Bonchev–Trinajstić information content (AvgIpc) is 3.15. The summed E-state index contributed by atoms with van der Waals surface area (Å²) in [6.45, 7) is 0. The molecule has 1 heterocycles. The van der Waals surface area contributed by atoms with Gasteiger partial charge in [-0.25, -0.2) is 4.79 Å². The second-order valence-electron chi connectivity index (χ2n) is 7.16. The fourth-order valence-electron chi connectivity index (χ4n) is 3.67. The molecule has 0 saturated carbocycles. The Hall–Kier alpha value is -3.79. The monoisotopic (exact) mass is 397 g/mol. The van der Waals surface area contributed by atoms with E-state index in [9.17, 15) is 4.79 Å². The van der Waals surface area contributed by atoms with Gasteiger partial charge >= 0.3 is 5.97 Å². The van der Waals surface area contributed by atoms with Gasteiger partial charge in [-0.1, -0.05) is 36.4 Å². The van der Waals surface area contributed by atoms with E-state index in [1.165, 1.54) is 17.2 Å². The fourth-order valence-corrected chi connectivity index (χ4v) is 3.67. The van der Waals surface area contributed by atoms with E-state index in [4.69, 9.17) is 9.84 Å². The Morgan fingerprint density at radius 1 is 1.00 bits per heavy atom. The van der Waals surface area contributed by atoms with Gasteiger partial charge in [0.15, 0.2) is 0 Å². The molecule has 4 nitrogen and oxygen atoms in total. The van der Waals surface area contributed by atoms with Crippen LogP contribution in [0.2, 0.25) is 0 Å². The molecule has 0 aliphatic heterocycles. The van der Waals surface area contributed by atoms with E-state index < -0.39 is 5.97 Å². The number of carboxylic acid groups (broad SMARTS) is 1. The van der Waals surface area contributed by atoms with Crippen LogP contribution in [0.25, 0.3) is 22.7 Å². The maximum Gasteiger partial charge on any atom is 0.328 e. The number of aryl methyl sites for hydroxylation is 2. The lowest BCUT2D eigenvalue weighted by Gasteiger charge is -2.07. The molecule has 4 heteroatoms. The van der Waals surface area contributed by atoms with E-state index in [1.807, 2.05) is 42.5 Å². The second-order valence-corrected chi connectivity index (χ2v) is 7.16. The van der Waals surface area contributed by atoms with Gasteiger partial charge in [-0.05, 0) is 72.0 Å². The van der Waals surface area contributed by atoms with Crippen LogP contribution in [0.5, 0.6) is 5.75 Å². The molecule has 0 bridgehead atoms. The summed E-state index contributed by atoms with van der Waals surface area (Å²) in [5.74, 6) is -0.129. The summed E-state index contributed by atoms with van der Waals surface area (Å²) in [5.41, 5.74) is 5.55. The molecule has 1 N–H and O–H groups in total. The molecule has 150 valence electrons. The van der Waals surface area contributed by atoms with E-state index in [0.717, 1.165) is 40.7 Å². The summed E-state index contributed by atoms with van der Waals surface area (Å²) in [6, 6.07) is 24.5. The molecule has 0 spiro atoms. The molecule has 3 aromatic carbocycles. The summed E-state index contributed by atoms with van der Waals surface area (Å²) in [5, 5.41) is 10.1. The van der Waals surface area contributed by atoms with Gasteiger partial charge in [0.25, 0.3) is 0 Å². The number of rotatable bonds is 7. The molecule has 0 aliphatic rings. The summed E-state index contributed by atoms with van der Waals surface area (Å²) in [4.78, 5) is 10.9. The predicted octanol–water partition coefficient (Wildman–Crippen LogP) is 5.52. The van der Waals surface area contributed by atoms with Crippen LogP contribution in [0.4, 0.5) is 0 Å². The Kier molecular flexibility index (Phi) is 5.66. The number of nitrogens with zero attached hydrogens (tertiary/aromatic N) is 1. The van der Waals surface area contributed by atoms with E-state index in [2.05, 4.69) is 41.1 Å². The SMILES string of the molecule is COc1ccc(-n2cc(CCc3ccccc3)c3cc(/C=C/C(=O)O)ccc32)cc1. The van der Waals surface area contributed by atoms with Gasteiger partial charge < -0.3 is 14.4 Å². The van der Waals surface area contributed by atoms with Crippen molar-refractivity contribution in [2.75, 3.05) is 7.11 Å². The smallest absolute Gasteiger partial charge is 0.328 e. The summed E-state index contributed by atoms with van der Waals surface area (Å²) in [7, 11) is 1.66. The highest BCUT2D eigenvalue weighted by molar-refractivity contribution is 5.90. The van der Waals surface area contributed by atoms with Crippen LogP contribution in [0, 0.1) is 0 Å². The summed E-state index contributed by atoms with van der Waals surface area (Å²) < 4.78 is 7.46. The third-order valence-electron chi connectivity index (χ3n) is 5.21. The van der Waals surface area contributed by atoms with Crippen LogP contribution in [0.15, 0.2) is 85.1 Å². The van der Waals surface area contributed by atoms with Crippen molar-refractivity contribution < 1.29 is 14.6 Å². The van der Waals surface area contributed by atoms with Crippen molar-refractivity contribution in [3.05, 3.63) is 102 Å². The third kappa shape index (κ3) is 4.28. The molecule has 4 rings (SSSR count). The normalized spacial score (nSPS) is 11.2. The number of aliphatic carboxylic acids is 1. The average molecular weight is 397 g/mol. The predicted molar refractivity (Wildman–Crippen MR) is 120 cm³/mol. The van der Waals surface area contributed by atoms with Gasteiger partial charge in [0.2, 0.25) is 0 Å². The Balaban J connectivity index is 1.76. The lowest BCUT2D eigenvalue weighted by Crippen LogP contribution is -1.93. The highest BCUT2D eigenvalue weighted by Crippen LogP contribution is 2.28. The van der Waals surface area contributed by atoms with Gasteiger partial charge in [0.1, 0.15) is 5.75 Å². The minimum absolute atomic E-state index is 0.820. The molecule has 0 saturated heterocycles. The van der Waals surface area contributed by atoms with E-state index in [1.54, 1.807) is 13.2 Å². The molecular weight excluding hydrogens is 374 g/mol. The van der Waals surface area contributed by atoms with Gasteiger partial charge in [-0.2, -0.15) is 0 Å². The first-order valence-electron chi connectivity index (χ1n) is 9.87. The highest BCUT2D eigenvalue weighted by Gasteiger charge is 2.11. The molecule has 30 heavy (non-hydrogen) atoms. The number of hydrogen-bond donors (Lipinski definition) is 1. The number of fused-ring (bicyclic) bond motifs is 1. The van der Waals surface area contributed by atoms with Crippen LogP contribution < -0.4 is 4.74 Å². The maximum atomic E-state index is 10.9. The molecule has 0 aliphatic carbocycles. The number of methoxy groups -OCH3 is 1. The zero-order valence-corrected chi connectivity index (χ0v) is 16.8. The lowest BCUT2D eigenvalue weighted by atomic mass is 10.0. The molecular formula is C26H23NO3. The van der Waals surface area contributed by atoms with Crippen molar-refractivity contribution in [2.45, 2.75) is 12.8 Å². The van der Waals surface area contributed by atoms with Gasteiger partial charge in [0, 0.05) is 23.3 Å². The molecule has 4 aromatic rings. The molecule has 1 aromatic heterocycles. The van der Waals surface area contributed by atoms with Gasteiger partial charge in [0.05, 0.1) is 12.6 Å². The zero-order chi connectivity index (χ0) is 20.9. The largest absolute Gasteiger partial charge is 0.497 e. The summed E-state index contributed by atoms with van der Waals surface area (Å²) in [6.07, 6.45) is 6.83. The minimum atomic E-state index is -0.949. The lowest BCUT2D eigenvalue weighted by molar-refractivity contribution is -0.131. The highest BCUT2D eigenvalue weighted by atomic mass is 16.5. The standard InChI is InChI=1S/C26H23NO3/c1-30-23-13-11-22(12-14-23)27-18-21(10-7-19-5-3-2-4-6-19)24-17-20(8-15-25(24)27)9-16-26(28)29/h2-6,8-9,11-18H,7,10H2,1H3,(H,28,29)/b16-9+. The number of carbonyl (C=O) groups is 1. The van der Waals surface area contributed by atoms with Crippen LogP contribution in [-0.4, -0.2) is 22.8 Å². The number of hydrogen-bond acceptors (Lipinski definition) is 2. The number of ether oxygens (including phenoxy) is 1. The second kappa shape index (κ2) is 8.70. The van der Waals surface area contributed by atoms with Gasteiger partial charge in [-0.15, -0.1) is 0 Å². The van der Waals surface area contributed by atoms with Crippen molar-refractivity contribution in [3.8, 4) is 11.4 Å². The van der Waals surface area contributed by atoms with Crippen molar-refractivity contribution in [1.82, 2.24) is 4.57 Å². The Labute approximate surface area is 175 Å². The van der Waals surface area contributed by atoms with E-state index in [-0.39, 0.29) is 0 Å². The van der Waals surface area contributed by atoms with Crippen LogP contribution in [-0.2, 0) is 17.6 Å². The number of aromatic nitrogens is 1. The quantitative estimate of drug-likeness (QED) is 0.418. The van der Waals surface area contributed by atoms with E-state index in [0.29, 0.717) is 0 Å². The first-order valence-corrected chi connectivity index (χ1v) is 9.87.